The largest absolute Gasteiger partial charge is 0.418 e. The van der Waals surface area contributed by atoms with Crippen LogP contribution in [0, 0.1) is 0 Å². The molecular formula is C17H17F3N4O. The Kier molecular flexibility index (Phi) is 4.87. The lowest BCUT2D eigenvalue weighted by Gasteiger charge is -2.14. The van der Waals surface area contributed by atoms with Gasteiger partial charge in [-0.3, -0.25) is 4.79 Å². The van der Waals surface area contributed by atoms with Gasteiger partial charge in [0, 0.05) is 6.04 Å². The van der Waals surface area contributed by atoms with E-state index in [1.165, 1.54) is 30.6 Å². The summed E-state index contributed by atoms with van der Waals surface area (Å²) in [6, 6.07) is 5.26. The average Bonchev–Trinajstić information content (AvgIpc) is 3.08. The Balaban J connectivity index is 1.70. The van der Waals surface area contributed by atoms with Gasteiger partial charge < -0.3 is 10.6 Å². The van der Waals surface area contributed by atoms with Gasteiger partial charge in [0.05, 0.1) is 23.6 Å². The van der Waals surface area contributed by atoms with Gasteiger partial charge in [-0.25, -0.2) is 9.97 Å². The van der Waals surface area contributed by atoms with Gasteiger partial charge in [0.25, 0.3) is 5.91 Å². The van der Waals surface area contributed by atoms with Gasteiger partial charge in [0.2, 0.25) is 0 Å². The highest BCUT2D eigenvalue weighted by Crippen LogP contribution is 2.35. The maximum Gasteiger partial charge on any atom is 0.418 e. The lowest BCUT2D eigenvalue weighted by Crippen LogP contribution is -2.33. The molecule has 132 valence electrons. The molecule has 0 saturated heterocycles. The molecule has 1 aromatic heterocycles. The Morgan fingerprint density at radius 3 is 2.44 bits per heavy atom. The van der Waals surface area contributed by atoms with E-state index in [1.807, 2.05) is 0 Å². The van der Waals surface area contributed by atoms with E-state index in [0.717, 1.165) is 31.7 Å². The first kappa shape index (κ1) is 17.2. The first-order valence-corrected chi connectivity index (χ1v) is 7.99. The number of nitrogens with zero attached hydrogens (tertiary/aromatic N) is 2. The van der Waals surface area contributed by atoms with Gasteiger partial charge in [-0.05, 0) is 25.0 Å². The van der Waals surface area contributed by atoms with Gasteiger partial charge >= 0.3 is 6.18 Å². The maximum absolute atomic E-state index is 13.0. The Morgan fingerprint density at radius 2 is 1.80 bits per heavy atom. The van der Waals surface area contributed by atoms with Crippen LogP contribution in [0.15, 0.2) is 36.7 Å². The van der Waals surface area contributed by atoms with Crippen molar-refractivity contribution in [3.8, 4) is 0 Å². The molecule has 8 heteroatoms. The minimum Gasteiger partial charge on any atom is -0.348 e. The molecule has 0 unspecified atom stereocenters. The molecule has 1 aromatic carbocycles. The smallest absolute Gasteiger partial charge is 0.348 e. The monoisotopic (exact) mass is 350 g/mol. The first-order valence-electron chi connectivity index (χ1n) is 7.99. The topological polar surface area (TPSA) is 66.9 Å². The quantitative estimate of drug-likeness (QED) is 0.877. The summed E-state index contributed by atoms with van der Waals surface area (Å²) in [5.41, 5.74) is -0.770. The molecule has 1 heterocycles. The summed E-state index contributed by atoms with van der Waals surface area (Å²) in [7, 11) is 0. The second-order valence-corrected chi connectivity index (χ2v) is 5.91. The summed E-state index contributed by atoms with van der Waals surface area (Å²) in [6.45, 7) is 0. The molecule has 1 aliphatic carbocycles. The zero-order valence-electron chi connectivity index (χ0n) is 13.3. The Labute approximate surface area is 142 Å². The Bertz CT molecular complexity index is 740. The third-order valence-electron chi connectivity index (χ3n) is 4.07. The SMILES string of the molecule is O=C(NC1CCCC1)c1cnc(Nc2ccccc2C(F)(F)F)cn1. The lowest BCUT2D eigenvalue weighted by molar-refractivity contribution is -0.136. The van der Waals surface area contributed by atoms with Gasteiger partial charge in [-0.1, -0.05) is 25.0 Å². The van der Waals surface area contributed by atoms with Gasteiger partial charge in [-0.2, -0.15) is 13.2 Å². The van der Waals surface area contributed by atoms with E-state index in [2.05, 4.69) is 20.6 Å². The number of hydrogen-bond donors (Lipinski definition) is 2. The number of alkyl halides is 3. The number of halogens is 3. The van der Waals surface area contributed by atoms with Crippen LogP contribution in [0.25, 0.3) is 0 Å². The van der Waals surface area contributed by atoms with Gasteiger partial charge in [0.1, 0.15) is 11.5 Å². The van der Waals surface area contributed by atoms with Crippen molar-refractivity contribution < 1.29 is 18.0 Å². The van der Waals surface area contributed by atoms with E-state index < -0.39 is 11.7 Å². The third kappa shape index (κ3) is 4.26. The maximum atomic E-state index is 13.0. The number of benzene rings is 1. The molecule has 0 bridgehead atoms. The fraction of sp³-hybridized carbons (Fsp3) is 0.353. The standard InChI is InChI=1S/C17H17F3N4O/c18-17(19,20)12-7-3-4-8-13(12)24-15-10-21-14(9-22-15)16(25)23-11-5-1-2-6-11/h3-4,7-11H,1-2,5-6H2,(H,22,24)(H,23,25). The van der Waals surface area contributed by atoms with Crippen LogP contribution in [0.5, 0.6) is 0 Å². The second-order valence-electron chi connectivity index (χ2n) is 5.91. The first-order chi connectivity index (χ1) is 11.9. The molecule has 1 saturated carbocycles. The number of amides is 1. The van der Waals surface area contributed by atoms with E-state index >= 15 is 0 Å². The summed E-state index contributed by atoms with van der Waals surface area (Å²) in [5, 5.41) is 5.48. The molecule has 1 amide bonds. The molecule has 0 aliphatic heterocycles. The predicted molar refractivity (Wildman–Crippen MR) is 86.5 cm³/mol. The number of carbonyl (C=O) groups is 1. The van der Waals surface area contributed by atoms with Crippen molar-refractivity contribution in [3.63, 3.8) is 0 Å². The lowest BCUT2D eigenvalue weighted by atomic mass is 10.1. The van der Waals surface area contributed by atoms with Crippen LogP contribution in [0.2, 0.25) is 0 Å². The van der Waals surface area contributed by atoms with Gasteiger partial charge in [-0.15, -0.1) is 0 Å². The fourth-order valence-corrected chi connectivity index (χ4v) is 2.82. The molecular weight excluding hydrogens is 333 g/mol. The van der Waals surface area contributed by atoms with Crippen LogP contribution in [-0.4, -0.2) is 21.9 Å². The molecule has 1 aliphatic rings. The molecule has 1 fully saturated rings. The summed E-state index contributed by atoms with van der Waals surface area (Å²) in [6.07, 6.45) is 2.12. The van der Waals surface area contributed by atoms with Crippen molar-refractivity contribution in [3.05, 3.63) is 47.9 Å². The van der Waals surface area contributed by atoms with Crippen molar-refractivity contribution >= 4 is 17.4 Å². The molecule has 0 atom stereocenters. The van der Waals surface area contributed by atoms with Crippen molar-refractivity contribution in [1.29, 1.82) is 0 Å². The Morgan fingerprint density at radius 1 is 1.08 bits per heavy atom. The Hall–Kier alpha value is -2.64. The molecule has 5 nitrogen and oxygen atoms in total. The number of para-hydroxylation sites is 1. The van der Waals surface area contributed by atoms with Crippen LogP contribution in [-0.2, 0) is 6.18 Å². The molecule has 25 heavy (non-hydrogen) atoms. The number of carbonyl (C=O) groups excluding carboxylic acids is 1. The minimum atomic E-state index is -4.47. The normalized spacial score (nSPS) is 15.2. The third-order valence-corrected chi connectivity index (χ3v) is 4.07. The molecule has 2 N–H and O–H groups in total. The molecule has 0 spiro atoms. The summed E-state index contributed by atoms with van der Waals surface area (Å²) < 4.78 is 39.0. The number of aromatic nitrogens is 2. The molecule has 3 rings (SSSR count). The zero-order chi connectivity index (χ0) is 17.9. The van der Waals surface area contributed by atoms with E-state index in [-0.39, 0.29) is 29.1 Å². The van der Waals surface area contributed by atoms with Crippen molar-refractivity contribution in [2.24, 2.45) is 0 Å². The number of rotatable bonds is 4. The average molecular weight is 350 g/mol. The van der Waals surface area contributed by atoms with Crippen LogP contribution < -0.4 is 10.6 Å². The van der Waals surface area contributed by atoms with Crippen molar-refractivity contribution in [1.82, 2.24) is 15.3 Å². The van der Waals surface area contributed by atoms with E-state index in [0.29, 0.717) is 0 Å². The van der Waals surface area contributed by atoms with E-state index in [4.69, 9.17) is 0 Å². The van der Waals surface area contributed by atoms with Crippen LogP contribution >= 0.6 is 0 Å². The summed E-state index contributed by atoms with van der Waals surface area (Å²) >= 11 is 0. The molecule has 2 aromatic rings. The minimum absolute atomic E-state index is 0.118. The highest BCUT2D eigenvalue weighted by molar-refractivity contribution is 5.92. The highest BCUT2D eigenvalue weighted by Gasteiger charge is 2.33. The van der Waals surface area contributed by atoms with Gasteiger partial charge in [0.15, 0.2) is 0 Å². The number of hydrogen-bond acceptors (Lipinski definition) is 4. The van der Waals surface area contributed by atoms with E-state index in [1.54, 1.807) is 0 Å². The second kappa shape index (κ2) is 7.08. The highest BCUT2D eigenvalue weighted by atomic mass is 19.4. The fourth-order valence-electron chi connectivity index (χ4n) is 2.82. The van der Waals surface area contributed by atoms with Crippen molar-refractivity contribution in [2.45, 2.75) is 37.9 Å². The van der Waals surface area contributed by atoms with E-state index in [9.17, 15) is 18.0 Å². The summed E-state index contributed by atoms with van der Waals surface area (Å²) in [4.78, 5) is 20.1. The summed E-state index contributed by atoms with van der Waals surface area (Å²) in [5.74, 6) is -0.184. The number of nitrogens with one attached hydrogen (secondary N) is 2. The van der Waals surface area contributed by atoms with Crippen LogP contribution in [0.1, 0.15) is 41.7 Å². The van der Waals surface area contributed by atoms with Crippen LogP contribution in [0.3, 0.4) is 0 Å². The van der Waals surface area contributed by atoms with Crippen molar-refractivity contribution in [2.75, 3.05) is 5.32 Å². The molecule has 0 radical (unpaired) electrons. The predicted octanol–water partition coefficient (Wildman–Crippen LogP) is 3.91. The van der Waals surface area contributed by atoms with Crippen LogP contribution in [0.4, 0.5) is 24.7 Å². The number of anilines is 2. The zero-order valence-corrected chi connectivity index (χ0v) is 13.3.